The van der Waals surface area contributed by atoms with Crippen LogP contribution >= 0.6 is 11.6 Å². The number of alkyl halides is 3. The molecule has 0 aliphatic rings. The normalized spacial score (nSPS) is 11.1. The van der Waals surface area contributed by atoms with Gasteiger partial charge in [0.1, 0.15) is 6.54 Å². The van der Waals surface area contributed by atoms with Gasteiger partial charge < -0.3 is 20.1 Å². The molecule has 0 fully saturated rings. The van der Waals surface area contributed by atoms with Crippen molar-refractivity contribution < 1.29 is 27.4 Å². The number of methoxy groups -OCH3 is 1. The van der Waals surface area contributed by atoms with E-state index in [1.54, 1.807) is 12.1 Å². The van der Waals surface area contributed by atoms with E-state index in [1.165, 1.54) is 31.4 Å². The van der Waals surface area contributed by atoms with E-state index in [9.17, 15) is 18.0 Å². The maximum absolute atomic E-state index is 12.6. The number of benzene rings is 2. The smallest absolute Gasteiger partial charge is 0.405 e. The molecule has 0 saturated heterocycles. The lowest BCUT2D eigenvalue weighted by atomic mass is 10.1. The van der Waals surface area contributed by atoms with Crippen LogP contribution in [0.4, 0.5) is 24.5 Å². The Labute approximate surface area is 165 Å². The van der Waals surface area contributed by atoms with Crippen molar-refractivity contribution in [3.8, 4) is 11.5 Å². The highest BCUT2D eigenvalue weighted by Gasteiger charge is 2.27. The van der Waals surface area contributed by atoms with Gasteiger partial charge >= 0.3 is 6.18 Å². The van der Waals surface area contributed by atoms with Crippen molar-refractivity contribution in [3.05, 3.63) is 47.0 Å². The minimum Gasteiger partial charge on any atom is -0.493 e. The van der Waals surface area contributed by atoms with Crippen molar-refractivity contribution in [2.45, 2.75) is 19.5 Å². The lowest BCUT2D eigenvalue weighted by molar-refractivity contribution is -0.115. The number of ether oxygens (including phenoxy) is 2. The highest BCUT2D eigenvalue weighted by atomic mass is 35.5. The number of halogens is 4. The second kappa shape index (κ2) is 9.54. The molecule has 0 atom stereocenters. The van der Waals surface area contributed by atoms with Crippen LogP contribution in [0.15, 0.2) is 36.4 Å². The molecule has 0 unspecified atom stereocenters. The third-order valence-corrected chi connectivity index (χ3v) is 3.88. The maximum atomic E-state index is 12.6. The van der Waals surface area contributed by atoms with E-state index in [4.69, 9.17) is 21.1 Å². The Kier molecular flexibility index (Phi) is 7.39. The minimum atomic E-state index is -4.38. The summed E-state index contributed by atoms with van der Waals surface area (Å²) < 4.78 is 48.2. The number of nitrogens with one attached hydrogen (secondary N) is 2. The molecule has 5 nitrogen and oxygen atoms in total. The molecule has 0 spiro atoms. The average molecular weight is 417 g/mol. The van der Waals surface area contributed by atoms with Gasteiger partial charge in [0, 0.05) is 5.56 Å². The van der Waals surface area contributed by atoms with E-state index in [-0.39, 0.29) is 27.7 Å². The summed E-state index contributed by atoms with van der Waals surface area (Å²) in [4.78, 5) is 12.6. The molecule has 0 aromatic heterocycles. The van der Waals surface area contributed by atoms with E-state index in [0.29, 0.717) is 12.4 Å². The fourth-order valence-corrected chi connectivity index (χ4v) is 2.60. The Morgan fingerprint density at radius 1 is 1.18 bits per heavy atom. The fourth-order valence-electron chi connectivity index (χ4n) is 2.33. The van der Waals surface area contributed by atoms with Crippen molar-refractivity contribution in [3.63, 3.8) is 0 Å². The van der Waals surface area contributed by atoms with E-state index in [2.05, 4.69) is 10.6 Å². The summed E-state index contributed by atoms with van der Waals surface area (Å²) in [6, 6.07) is 8.97. The number of hydrogen-bond acceptors (Lipinski definition) is 4. The number of carbonyl (C=O) groups excluding carboxylic acids is 1. The molecule has 2 aromatic rings. The first-order valence-corrected chi connectivity index (χ1v) is 8.84. The molecule has 2 aromatic carbocycles. The third-order valence-electron chi connectivity index (χ3n) is 3.60. The quantitative estimate of drug-likeness (QED) is 0.608. The standard InChI is InChI=1S/C19H20ClF3N2O3/c1-3-8-28-17-13(20)9-12(10-16(17)27-2)18(26)25-15-7-5-4-6-14(15)24-11-19(21,22)23/h4-7,9-10,24H,3,8,11H2,1-2H3,(H,25,26). The fraction of sp³-hybridized carbons (Fsp3) is 0.316. The van der Waals surface area contributed by atoms with Gasteiger partial charge in [-0.15, -0.1) is 0 Å². The predicted octanol–water partition coefficient (Wildman–Crippen LogP) is 5.36. The topological polar surface area (TPSA) is 59.6 Å². The largest absolute Gasteiger partial charge is 0.493 e. The van der Waals surface area contributed by atoms with Crippen LogP contribution in [0.5, 0.6) is 11.5 Å². The van der Waals surface area contributed by atoms with Crippen molar-refractivity contribution in [1.29, 1.82) is 0 Å². The lowest BCUT2D eigenvalue weighted by Gasteiger charge is -2.16. The number of anilines is 2. The van der Waals surface area contributed by atoms with Gasteiger partial charge in [0.15, 0.2) is 11.5 Å². The van der Waals surface area contributed by atoms with Gasteiger partial charge in [-0.2, -0.15) is 13.2 Å². The first-order valence-electron chi connectivity index (χ1n) is 8.46. The highest BCUT2D eigenvalue weighted by Crippen LogP contribution is 2.37. The van der Waals surface area contributed by atoms with Crippen molar-refractivity contribution in [2.75, 3.05) is 30.9 Å². The van der Waals surface area contributed by atoms with E-state index < -0.39 is 18.6 Å². The van der Waals surface area contributed by atoms with Crippen LogP contribution in [-0.2, 0) is 0 Å². The molecule has 2 rings (SSSR count). The zero-order chi connectivity index (χ0) is 20.7. The third kappa shape index (κ3) is 5.95. The van der Waals surface area contributed by atoms with Crippen LogP contribution in [0.1, 0.15) is 23.7 Å². The summed E-state index contributed by atoms with van der Waals surface area (Å²) in [5, 5.41) is 5.04. The van der Waals surface area contributed by atoms with Crippen molar-refractivity contribution in [1.82, 2.24) is 0 Å². The molecule has 9 heteroatoms. The van der Waals surface area contributed by atoms with Crippen LogP contribution < -0.4 is 20.1 Å². The minimum absolute atomic E-state index is 0.147. The van der Waals surface area contributed by atoms with E-state index in [0.717, 1.165) is 6.42 Å². The summed E-state index contributed by atoms with van der Waals surface area (Å²) >= 11 is 6.20. The van der Waals surface area contributed by atoms with Crippen LogP contribution in [0.25, 0.3) is 0 Å². The van der Waals surface area contributed by atoms with Crippen molar-refractivity contribution >= 4 is 28.9 Å². The summed E-state index contributed by atoms with van der Waals surface area (Å²) in [6.07, 6.45) is -3.62. The SMILES string of the molecule is CCCOc1c(Cl)cc(C(=O)Nc2ccccc2NCC(F)(F)F)cc1OC. The number of para-hydroxylation sites is 2. The van der Waals surface area contributed by atoms with Gasteiger partial charge in [0.2, 0.25) is 0 Å². The van der Waals surface area contributed by atoms with Gasteiger partial charge in [0.05, 0.1) is 30.1 Å². The van der Waals surface area contributed by atoms with Crippen LogP contribution in [-0.4, -0.2) is 32.3 Å². The van der Waals surface area contributed by atoms with Crippen molar-refractivity contribution in [2.24, 2.45) is 0 Å². The molecule has 28 heavy (non-hydrogen) atoms. The molecule has 0 radical (unpaired) electrons. The molecule has 152 valence electrons. The Balaban J connectivity index is 2.22. The average Bonchev–Trinajstić information content (AvgIpc) is 2.65. The number of rotatable bonds is 8. The van der Waals surface area contributed by atoms with Crippen LogP contribution in [0, 0.1) is 0 Å². The van der Waals surface area contributed by atoms with Gasteiger partial charge in [-0.3, -0.25) is 4.79 Å². The molecule has 0 aliphatic heterocycles. The summed E-state index contributed by atoms with van der Waals surface area (Å²) in [5.74, 6) is 0.0629. The first-order chi connectivity index (χ1) is 13.2. The Morgan fingerprint density at radius 2 is 1.86 bits per heavy atom. The first kappa shape index (κ1) is 21.7. The molecular formula is C19H20ClF3N2O3. The van der Waals surface area contributed by atoms with Crippen LogP contribution in [0.3, 0.4) is 0 Å². The molecular weight excluding hydrogens is 397 g/mol. The van der Waals surface area contributed by atoms with Gasteiger partial charge in [0.25, 0.3) is 5.91 Å². The zero-order valence-corrected chi connectivity index (χ0v) is 16.1. The predicted molar refractivity (Wildman–Crippen MR) is 103 cm³/mol. The monoisotopic (exact) mass is 416 g/mol. The Morgan fingerprint density at radius 3 is 2.46 bits per heavy atom. The molecule has 0 heterocycles. The van der Waals surface area contributed by atoms with Crippen LogP contribution in [0.2, 0.25) is 5.02 Å². The zero-order valence-electron chi connectivity index (χ0n) is 15.3. The number of carbonyl (C=O) groups is 1. The molecule has 0 aliphatic carbocycles. The highest BCUT2D eigenvalue weighted by molar-refractivity contribution is 6.32. The molecule has 0 saturated carbocycles. The summed E-state index contributed by atoms with van der Waals surface area (Å²) in [6.45, 7) is 1.15. The summed E-state index contributed by atoms with van der Waals surface area (Å²) in [7, 11) is 1.42. The van der Waals surface area contributed by atoms with E-state index in [1.807, 2.05) is 6.92 Å². The second-order valence-electron chi connectivity index (χ2n) is 5.81. The van der Waals surface area contributed by atoms with Gasteiger partial charge in [-0.05, 0) is 30.7 Å². The number of hydrogen-bond donors (Lipinski definition) is 2. The lowest BCUT2D eigenvalue weighted by Crippen LogP contribution is -2.22. The van der Waals surface area contributed by atoms with E-state index >= 15 is 0 Å². The van der Waals surface area contributed by atoms with Gasteiger partial charge in [-0.1, -0.05) is 30.7 Å². The maximum Gasteiger partial charge on any atom is 0.405 e. The van der Waals surface area contributed by atoms with Gasteiger partial charge in [-0.25, -0.2) is 0 Å². The molecule has 2 N–H and O–H groups in total. The molecule has 1 amide bonds. The Bertz CT molecular complexity index is 829. The summed E-state index contributed by atoms with van der Waals surface area (Å²) in [5.41, 5.74) is 0.531. The Hall–Kier alpha value is -2.61. The second-order valence-corrected chi connectivity index (χ2v) is 6.21. The molecule has 0 bridgehead atoms. The number of amides is 1.